The van der Waals surface area contributed by atoms with Crippen LogP contribution in [0.25, 0.3) is 0 Å². The van der Waals surface area contributed by atoms with Gasteiger partial charge in [-0.2, -0.15) is 0 Å². The van der Waals surface area contributed by atoms with Gasteiger partial charge in [-0.25, -0.2) is 4.39 Å². The summed E-state index contributed by atoms with van der Waals surface area (Å²) in [5.41, 5.74) is 0.276. The van der Waals surface area contributed by atoms with Crippen molar-refractivity contribution in [1.82, 2.24) is 4.90 Å². The second-order valence-electron chi connectivity index (χ2n) is 4.28. The van der Waals surface area contributed by atoms with E-state index in [1.54, 1.807) is 26.0 Å². The maximum absolute atomic E-state index is 13.4. The van der Waals surface area contributed by atoms with Crippen molar-refractivity contribution >= 4 is 11.9 Å². The molecular formula is C13H16FNO3. The van der Waals surface area contributed by atoms with E-state index >= 15 is 0 Å². The Morgan fingerprint density at radius 3 is 2.44 bits per heavy atom. The molecule has 0 bridgehead atoms. The molecule has 4 nitrogen and oxygen atoms in total. The average molecular weight is 253 g/mol. The van der Waals surface area contributed by atoms with E-state index in [1.165, 1.54) is 17.0 Å². The molecule has 0 spiro atoms. The van der Waals surface area contributed by atoms with Gasteiger partial charge in [0.05, 0.1) is 6.42 Å². The van der Waals surface area contributed by atoms with Gasteiger partial charge in [0.15, 0.2) is 0 Å². The van der Waals surface area contributed by atoms with Crippen molar-refractivity contribution in [1.29, 1.82) is 0 Å². The minimum Gasteiger partial charge on any atom is -0.480 e. The average Bonchev–Trinajstić information content (AvgIpc) is 2.28. The third-order valence-electron chi connectivity index (χ3n) is 2.55. The lowest BCUT2D eigenvalue weighted by atomic mass is 10.1. The number of carbonyl (C=O) groups excluding carboxylic acids is 1. The van der Waals surface area contributed by atoms with Crippen molar-refractivity contribution in [2.45, 2.75) is 26.3 Å². The van der Waals surface area contributed by atoms with Gasteiger partial charge >= 0.3 is 5.97 Å². The summed E-state index contributed by atoms with van der Waals surface area (Å²) in [6.07, 6.45) is -0.127. The summed E-state index contributed by atoms with van der Waals surface area (Å²) in [4.78, 5) is 23.8. The van der Waals surface area contributed by atoms with Crippen molar-refractivity contribution < 1.29 is 19.1 Å². The lowest BCUT2D eigenvalue weighted by Crippen LogP contribution is -2.41. The van der Waals surface area contributed by atoms with E-state index in [0.717, 1.165) is 0 Å². The van der Waals surface area contributed by atoms with Gasteiger partial charge < -0.3 is 10.0 Å². The Morgan fingerprint density at radius 2 is 1.94 bits per heavy atom. The smallest absolute Gasteiger partial charge is 0.323 e. The molecule has 1 N–H and O–H groups in total. The molecule has 0 saturated heterocycles. The number of amides is 1. The summed E-state index contributed by atoms with van der Waals surface area (Å²) < 4.78 is 13.4. The summed E-state index contributed by atoms with van der Waals surface area (Å²) in [5, 5.41) is 8.73. The number of halogens is 1. The molecule has 0 aromatic heterocycles. The molecule has 0 heterocycles. The lowest BCUT2D eigenvalue weighted by Gasteiger charge is -2.25. The van der Waals surface area contributed by atoms with Crippen LogP contribution in [-0.2, 0) is 16.0 Å². The van der Waals surface area contributed by atoms with Crippen LogP contribution in [0.3, 0.4) is 0 Å². The first-order valence-corrected chi connectivity index (χ1v) is 5.66. The third-order valence-corrected chi connectivity index (χ3v) is 2.55. The van der Waals surface area contributed by atoms with Gasteiger partial charge in [-0.1, -0.05) is 18.2 Å². The second-order valence-corrected chi connectivity index (χ2v) is 4.28. The molecule has 1 aromatic rings. The van der Waals surface area contributed by atoms with Gasteiger partial charge in [-0.15, -0.1) is 0 Å². The zero-order valence-corrected chi connectivity index (χ0v) is 10.4. The Kier molecular flexibility index (Phi) is 4.83. The SMILES string of the molecule is CC(C)N(CC(=O)O)C(=O)Cc1ccccc1F. The Hall–Kier alpha value is -1.91. The summed E-state index contributed by atoms with van der Waals surface area (Å²) in [7, 11) is 0. The van der Waals surface area contributed by atoms with E-state index in [2.05, 4.69) is 0 Å². The van der Waals surface area contributed by atoms with E-state index in [1.807, 2.05) is 0 Å². The largest absolute Gasteiger partial charge is 0.480 e. The highest BCUT2D eigenvalue weighted by Crippen LogP contribution is 2.10. The maximum Gasteiger partial charge on any atom is 0.323 e. The third kappa shape index (κ3) is 3.84. The summed E-state index contributed by atoms with van der Waals surface area (Å²) >= 11 is 0. The molecule has 0 aliphatic heterocycles. The van der Waals surface area contributed by atoms with E-state index in [-0.39, 0.29) is 24.6 Å². The molecule has 0 aliphatic carbocycles. The van der Waals surface area contributed by atoms with Crippen LogP contribution in [0, 0.1) is 5.82 Å². The first-order chi connectivity index (χ1) is 8.41. The molecule has 0 atom stereocenters. The molecule has 18 heavy (non-hydrogen) atoms. The fraction of sp³-hybridized carbons (Fsp3) is 0.385. The number of carbonyl (C=O) groups is 2. The minimum atomic E-state index is -1.08. The van der Waals surface area contributed by atoms with Crippen molar-refractivity contribution in [3.8, 4) is 0 Å². The summed E-state index contributed by atoms with van der Waals surface area (Å²) in [5.74, 6) is -1.92. The van der Waals surface area contributed by atoms with E-state index < -0.39 is 17.7 Å². The van der Waals surface area contributed by atoms with Crippen LogP contribution >= 0.6 is 0 Å². The van der Waals surface area contributed by atoms with Crippen molar-refractivity contribution in [2.24, 2.45) is 0 Å². The summed E-state index contributed by atoms with van der Waals surface area (Å²) in [6, 6.07) is 5.75. The van der Waals surface area contributed by atoms with Gasteiger partial charge in [0.2, 0.25) is 5.91 Å². The Labute approximate surface area is 105 Å². The fourth-order valence-electron chi connectivity index (χ4n) is 1.61. The predicted octanol–water partition coefficient (Wildman–Crippen LogP) is 1.69. The zero-order valence-electron chi connectivity index (χ0n) is 10.4. The van der Waals surface area contributed by atoms with Crippen LogP contribution in [0.2, 0.25) is 0 Å². The predicted molar refractivity (Wildman–Crippen MR) is 64.6 cm³/mol. The van der Waals surface area contributed by atoms with Gasteiger partial charge in [0.25, 0.3) is 0 Å². The molecular weight excluding hydrogens is 237 g/mol. The van der Waals surface area contributed by atoms with Crippen LogP contribution in [0.1, 0.15) is 19.4 Å². The number of hydrogen-bond acceptors (Lipinski definition) is 2. The number of carboxylic acid groups (broad SMARTS) is 1. The van der Waals surface area contributed by atoms with Gasteiger partial charge in [-0.05, 0) is 25.5 Å². The maximum atomic E-state index is 13.4. The van der Waals surface area contributed by atoms with Crippen LogP contribution < -0.4 is 0 Å². The Balaban J connectivity index is 2.79. The number of rotatable bonds is 5. The number of hydrogen-bond donors (Lipinski definition) is 1. The van der Waals surface area contributed by atoms with Gasteiger partial charge in [0.1, 0.15) is 12.4 Å². The normalized spacial score (nSPS) is 10.4. The first-order valence-electron chi connectivity index (χ1n) is 5.66. The van der Waals surface area contributed by atoms with Crippen LogP contribution in [-0.4, -0.2) is 34.5 Å². The minimum absolute atomic E-state index is 0.127. The second kappa shape index (κ2) is 6.14. The number of nitrogens with zero attached hydrogens (tertiary/aromatic N) is 1. The molecule has 98 valence electrons. The highest BCUT2D eigenvalue weighted by Gasteiger charge is 2.20. The fourth-order valence-corrected chi connectivity index (χ4v) is 1.61. The number of aliphatic carboxylic acids is 1. The molecule has 0 unspecified atom stereocenters. The van der Waals surface area contributed by atoms with Gasteiger partial charge in [0, 0.05) is 6.04 Å². The highest BCUT2D eigenvalue weighted by atomic mass is 19.1. The quantitative estimate of drug-likeness (QED) is 0.868. The molecule has 0 fully saturated rings. The Bertz CT molecular complexity index is 446. The van der Waals surface area contributed by atoms with E-state index in [4.69, 9.17) is 5.11 Å². The molecule has 0 radical (unpaired) electrons. The van der Waals surface area contributed by atoms with Crippen molar-refractivity contribution in [3.05, 3.63) is 35.6 Å². The molecule has 1 rings (SSSR count). The number of carboxylic acids is 1. The van der Waals surface area contributed by atoms with Crippen molar-refractivity contribution in [2.75, 3.05) is 6.54 Å². The summed E-state index contributed by atoms with van der Waals surface area (Å²) in [6.45, 7) is 3.08. The zero-order chi connectivity index (χ0) is 13.7. The Morgan fingerprint density at radius 1 is 1.33 bits per heavy atom. The lowest BCUT2D eigenvalue weighted by molar-refractivity contribution is -0.145. The standard InChI is InChI=1S/C13H16FNO3/c1-9(2)15(8-13(17)18)12(16)7-10-5-3-4-6-11(10)14/h3-6,9H,7-8H2,1-2H3,(H,17,18). The van der Waals surface area contributed by atoms with Crippen LogP contribution in [0.5, 0.6) is 0 Å². The molecule has 1 amide bonds. The molecule has 1 aromatic carbocycles. The van der Waals surface area contributed by atoms with Crippen LogP contribution in [0.4, 0.5) is 4.39 Å². The van der Waals surface area contributed by atoms with Gasteiger partial charge in [-0.3, -0.25) is 9.59 Å². The monoisotopic (exact) mass is 253 g/mol. The highest BCUT2D eigenvalue weighted by molar-refractivity contribution is 5.83. The van der Waals surface area contributed by atoms with E-state index in [9.17, 15) is 14.0 Å². The van der Waals surface area contributed by atoms with Crippen molar-refractivity contribution in [3.63, 3.8) is 0 Å². The topological polar surface area (TPSA) is 57.6 Å². The van der Waals surface area contributed by atoms with E-state index in [0.29, 0.717) is 0 Å². The molecule has 5 heteroatoms. The molecule has 0 saturated carbocycles. The van der Waals surface area contributed by atoms with Crippen LogP contribution in [0.15, 0.2) is 24.3 Å². The first kappa shape index (κ1) is 14.2. The molecule has 0 aliphatic rings. The number of benzene rings is 1.